The molecule has 0 atom stereocenters. The van der Waals surface area contributed by atoms with Crippen LogP contribution in [0.15, 0.2) is 28.5 Å². The molecule has 0 amide bonds. The van der Waals surface area contributed by atoms with Crippen LogP contribution in [0, 0.1) is 20.8 Å². The van der Waals surface area contributed by atoms with Crippen molar-refractivity contribution in [1.82, 2.24) is 4.31 Å². The summed E-state index contributed by atoms with van der Waals surface area (Å²) in [6.45, 7) is 12.4. The minimum Gasteiger partial charge on any atom is -0.481 e. The monoisotopic (exact) mass is 532 g/mol. The summed E-state index contributed by atoms with van der Waals surface area (Å²) in [5.74, 6) is -0.944. The standard InChI is InChI=1S/C14H15NO4S2.C2H5.2Y/c1-3-15(4-2)21(18,19)11-5-6-13-12(8-11)10(9-20-13)7-14(16)17;1-2;;/h5-6,8-9H,1-4,7H2,(H,16,17);1H2,2H3;;/q-2;-1;;+3. The van der Waals surface area contributed by atoms with Gasteiger partial charge in [-0.1, -0.05) is 0 Å². The van der Waals surface area contributed by atoms with E-state index in [2.05, 4.69) is 20.8 Å². The van der Waals surface area contributed by atoms with Crippen LogP contribution >= 0.6 is 11.3 Å². The first-order valence-electron chi connectivity index (χ1n) is 6.91. The van der Waals surface area contributed by atoms with Gasteiger partial charge in [-0.05, 0) is 34.5 Å². The molecule has 0 bridgehead atoms. The molecule has 1 radical (unpaired) electrons. The number of fused-ring (bicyclic) bond motifs is 1. The van der Waals surface area contributed by atoms with E-state index in [0.717, 1.165) is 9.01 Å². The van der Waals surface area contributed by atoms with Crippen molar-refractivity contribution in [2.24, 2.45) is 0 Å². The number of nitrogens with zero attached hydrogens (tertiary/aromatic N) is 1. The summed E-state index contributed by atoms with van der Waals surface area (Å²) in [4.78, 5) is 11.0. The van der Waals surface area contributed by atoms with Crippen LogP contribution in [0.2, 0.25) is 0 Å². The van der Waals surface area contributed by atoms with Gasteiger partial charge in [0.25, 0.3) is 0 Å². The number of aliphatic carboxylic acids is 1. The summed E-state index contributed by atoms with van der Waals surface area (Å²) < 4.78 is 26.9. The molecule has 9 heteroatoms. The zero-order valence-electron chi connectivity index (χ0n) is 14.1. The Morgan fingerprint density at radius 3 is 2.28 bits per heavy atom. The molecule has 0 saturated carbocycles. The number of benzene rings is 1. The Morgan fingerprint density at radius 1 is 1.24 bits per heavy atom. The molecule has 0 unspecified atom stereocenters. The van der Waals surface area contributed by atoms with E-state index in [0.29, 0.717) is 10.9 Å². The number of carbonyl (C=O) groups is 1. The van der Waals surface area contributed by atoms with Crippen molar-refractivity contribution in [3.05, 3.63) is 49.9 Å². The third-order valence-corrected chi connectivity index (χ3v) is 6.01. The van der Waals surface area contributed by atoms with Crippen LogP contribution < -0.4 is 0 Å². The Kier molecular flexibility index (Phi) is 14.6. The van der Waals surface area contributed by atoms with E-state index in [1.54, 1.807) is 18.4 Å². The Bertz CT molecular complexity index is 772. The smallest absolute Gasteiger partial charge is 0.481 e. The fourth-order valence-corrected chi connectivity index (χ4v) is 4.25. The van der Waals surface area contributed by atoms with Crippen LogP contribution in [0.4, 0.5) is 0 Å². The SMILES string of the molecule is [CH2-]C.[CH2-]CN(C[CH2-])S(=O)(=O)c1ccc2scc(CC(=O)O)c2c1.[Y+3].[Y]. The van der Waals surface area contributed by atoms with Crippen molar-refractivity contribution in [3.63, 3.8) is 0 Å². The average molecular weight is 532 g/mol. The van der Waals surface area contributed by atoms with E-state index in [9.17, 15) is 13.2 Å². The first-order chi connectivity index (χ1) is 10.9. The molecular formula is C16H20NO4S2Y2. The van der Waals surface area contributed by atoms with Crippen molar-refractivity contribution in [2.45, 2.75) is 18.2 Å². The minimum atomic E-state index is -3.65. The van der Waals surface area contributed by atoms with Gasteiger partial charge in [-0.2, -0.15) is 6.92 Å². The maximum Gasteiger partial charge on any atom is 3.00 e. The third kappa shape index (κ3) is 7.02. The van der Waals surface area contributed by atoms with Crippen LogP contribution in [0.3, 0.4) is 0 Å². The van der Waals surface area contributed by atoms with Gasteiger partial charge >= 0.3 is 38.7 Å². The molecule has 2 rings (SSSR count). The van der Waals surface area contributed by atoms with Crippen molar-refractivity contribution in [3.8, 4) is 0 Å². The fourth-order valence-electron chi connectivity index (χ4n) is 2.02. The number of rotatable bonds is 6. The van der Waals surface area contributed by atoms with Gasteiger partial charge in [0.15, 0.2) is 0 Å². The number of hydrogen-bond donors (Lipinski definition) is 1. The van der Waals surface area contributed by atoms with E-state index < -0.39 is 16.0 Å². The first kappa shape index (κ1) is 28.0. The molecular weight excluding hydrogens is 512 g/mol. The number of sulfonamides is 1. The Morgan fingerprint density at radius 2 is 1.80 bits per heavy atom. The van der Waals surface area contributed by atoms with Crippen molar-refractivity contribution in [1.29, 1.82) is 0 Å². The van der Waals surface area contributed by atoms with Gasteiger partial charge in [0, 0.05) is 37.4 Å². The summed E-state index contributed by atoms with van der Waals surface area (Å²) in [5.41, 5.74) is 0.621. The molecule has 1 aromatic heterocycles. The van der Waals surface area contributed by atoms with Gasteiger partial charge in [0.05, 0.1) is 11.3 Å². The van der Waals surface area contributed by atoms with Crippen LogP contribution in [-0.4, -0.2) is 36.9 Å². The molecule has 1 N–H and O–H groups in total. The maximum atomic E-state index is 12.4. The number of carboxylic acid groups (broad SMARTS) is 1. The molecule has 0 aliphatic carbocycles. The number of carboxylic acids is 1. The topological polar surface area (TPSA) is 74.7 Å². The van der Waals surface area contributed by atoms with Crippen LogP contribution in [0.25, 0.3) is 10.1 Å². The molecule has 25 heavy (non-hydrogen) atoms. The quantitative estimate of drug-likeness (QED) is 0.581. The molecule has 131 valence electrons. The zero-order valence-corrected chi connectivity index (χ0v) is 21.5. The van der Waals surface area contributed by atoms with E-state index >= 15 is 0 Å². The normalized spacial score (nSPS) is 10.4. The first-order valence-corrected chi connectivity index (χ1v) is 9.23. The third-order valence-electron chi connectivity index (χ3n) is 3.10. The molecule has 0 aliphatic heterocycles. The minimum absolute atomic E-state index is 0. The molecule has 0 spiro atoms. The molecule has 0 aliphatic rings. The Labute approximate surface area is 204 Å². The molecule has 1 aromatic carbocycles. The van der Waals surface area contributed by atoms with E-state index in [4.69, 9.17) is 5.11 Å². The Balaban J connectivity index is 0. The summed E-state index contributed by atoms with van der Waals surface area (Å²) in [5, 5.41) is 11.3. The van der Waals surface area contributed by atoms with Gasteiger partial charge in [-0.25, -0.2) is 8.42 Å². The molecule has 0 fully saturated rings. The maximum absolute atomic E-state index is 12.4. The van der Waals surface area contributed by atoms with Crippen LogP contribution in [0.5, 0.6) is 0 Å². The predicted molar refractivity (Wildman–Crippen MR) is 93.7 cm³/mol. The average Bonchev–Trinajstić information content (AvgIpc) is 2.92. The fraction of sp³-hybridized carbons (Fsp3) is 0.250. The van der Waals surface area contributed by atoms with Gasteiger partial charge in [-0.3, -0.25) is 9.10 Å². The molecule has 2 aromatic rings. The summed E-state index contributed by atoms with van der Waals surface area (Å²) in [7, 11) is -3.65. The summed E-state index contributed by atoms with van der Waals surface area (Å²) in [6.07, 6.45) is -0.127. The summed E-state index contributed by atoms with van der Waals surface area (Å²) >= 11 is 1.40. The van der Waals surface area contributed by atoms with Crippen molar-refractivity contribution in [2.75, 3.05) is 13.1 Å². The van der Waals surface area contributed by atoms with E-state index in [1.807, 2.05) is 0 Å². The number of hydrogen-bond acceptors (Lipinski definition) is 4. The second-order valence-electron chi connectivity index (χ2n) is 4.39. The molecule has 5 nitrogen and oxygen atoms in total. The van der Waals surface area contributed by atoms with Gasteiger partial charge in [0.2, 0.25) is 10.0 Å². The van der Waals surface area contributed by atoms with E-state index in [1.165, 1.54) is 23.5 Å². The van der Waals surface area contributed by atoms with Crippen LogP contribution in [-0.2, 0) is 86.7 Å². The Hall–Kier alpha value is 0.768. The van der Waals surface area contributed by atoms with Crippen LogP contribution in [0.1, 0.15) is 12.5 Å². The van der Waals surface area contributed by atoms with Gasteiger partial charge < -0.3 is 25.9 Å². The summed E-state index contributed by atoms with van der Waals surface area (Å²) in [6, 6.07) is 4.75. The van der Waals surface area contributed by atoms with Gasteiger partial charge in [0.1, 0.15) is 0 Å². The zero-order chi connectivity index (χ0) is 17.6. The molecule has 0 saturated heterocycles. The second-order valence-corrected chi connectivity index (χ2v) is 7.24. The second kappa shape index (κ2) is 13.0. The van der Waals surface area contributed by atoms with Gasteiger partial charge in [-0.15, -0.1) is 24.4 Å². The largest absolute Gasteiger partial charge is 3.00 e. The predicted octanol–water partition coefficient (Wildman–Crippen LogP) is 3.02. The van der Waals surface area contributed by atoms with E-state index in [-0.39, 0.29) is 89.8 Å². The van der Waals surface area contributed by atoms with Crippen molar-refractivity contribution >= 4 is 37.4 Å². The number of thiophene rings is 1. The molecule has 1 heterocycles. The van der Waals surface area contributed by atoms with Crippen molar-refractivity contribution < 1.29 is 83.7 Å².